The highest BCUT2D eigenvalue weighted by molar-refractivity contribution is 5.97. The van der Waals surface area contributed by atoms with Crippen molar-refractivity contribution in [2.75, 3.05) is 31.1 Å². The molecule has 1 aromatic carbocycles. The lowest BCUT2D eigenvalue weighted by atomic mass is 9.95. The number of carbonyl (C=O) groups excluding carboxylic acids is 1. The molecule has 0 radical (unpaired) electrons. The number of β-amino-alcohol motifs (C(OH)–C–C–N with tert-alkyl or cyclic N) is 1. The summed E-state index contributed by atoms with van der Waals surface area (Å²) in [5.41, 5.74) is 2.12. The minimum atomic E-state index is -4.59. The van der Waals surface area contributed by atoms with Gasteiger partial charge in [0.2, 0.25) is 5.91 Å². The van der Waals surface area contributed by atoms with Crippen molar-refractivity contribution in [1.29, 1.82) is 0 Å². The van der Waals surface area contributed by atoms with Crippen LogP contribution < -0.4 is 4.90 Å². The number of benzene rings is 1. The molecule has 0 aromatic heterocycles. The van der Waals surface area contributed by atoms with Crippen molar-refractivity contribution in [3.05, 3.63) is 29.8 Å². The van der Waals surface area contributed by atoms with Crippen LogP contribution in [0.15, 0.2) is 24.3 Å². The summed E-state index contributed by atoms with van der Waals surface area (Å²) in [6.07, 6.45) is -5.01. The van der Waals surface area contributed by atoms with Crippen molar-refractivity contribution >= 4 is 11.6 Å². The van der Waals surface area contributed by atoms with Crippen LogP contribution in [0.25, 0.3) is 0 Å². The van der Waals surface area contributed by atoms with Gasteiger partial charge in [-0.2, -0.15) is 13.2 Å². The fourth-order valence-electron chi connectivity index (χ4n) is 3.50. The molecule has 2 aliphatic heterocycles. The number of para-hydroxylation sites is 1. The van der Waals surface area contributed by atoms with E-state index in [2.05, 4.69) is 0 Å². The number of carbonyl (C=O) groups is 1. The fourth-order valence-corrected chi connectivity index (χ4v) is 3.50. The standard InChI is InChI=1S/C17H21F3N2O2/c18-17(19,20)15(23)11-21-8-5-13(6-9-21)16(24)22-10-7-12-3-1-2-4-14(12)22/h1-4,13,15,23H,5-11H2/t15-/m1/s1. The Bertz CT molecular complexity index is 598. The molecule has 2 aliphatic rings. The van der Waals surface area contributed by atoms with E-state index in [1.807, 2.05) is 24.3 Å². The smallest absolute Gasteiger partial charge is 0.382 e. The van der Waals surface area contributed by atoms with E-state index in [9.17, 15) is 18.0 Å². The van der Waals surface area contributed by atoms with Crippen LogP contribution in [0.2, 0.25) is 0 Å². The molecule has 0 bridgehead atoms. The van der Waals surface area contributed by atoms with Crippen LogP contribution in [-0.4, -0.2) is 54.4 Å². The van der Waals surface area contributed by atoms with E-state index in [-0.39, 0.29) is 11.8 Å². The summed E-state index contributed by atoms with van der Waals surface area (Å²) in [6.45, 7) is 1.06. The molecule has 0 aliphatic carbocycles. The number of rotatable bonds is 3. The molecule has 0 saturated carbocycles. The molecule has 132 valence electrons. The predicted molar refractivity (Wildman–Crippen MR) is 83.7 cm³/mol. The van der Waals surface area contributed by atoms with E-state index in [1.54, 1.807) is 9.80 Å². The van der Waals surface area contributed by atoms with Crippen LogP contribution in [-0.2, 0) is 11.2 Å². The maximum atomic E-state index is 12.7. The molecule has 0 unspecified atom stereocenters. The highest BCUT2D eigenvalue weighted by Crippen LogP contribution is 2.31. The molecule has 2 heterocycles. The van der Waals surface area contributed by atoms with Gasteiger partial charge in [0.15, 0.2) is 6.10 Å². The molecule has 1 saturated heterocycles. The SMILES string of the molecule is O=C(C1CCN(C[C@@H](O)C(F)(F)F)CC1)N1CCc2ccccc21. The Morgan fingerprint density at radius 3 is 2.54 bits per heavy atom. The third-order valence-electron chi connectivity index (χ3n) is 4.90. The van der Waals surface area contributed by atoms with Crippen LogP contribution >= 0.6 is 0 Å². The van der Waals surface area contributed by atoms with E-state index in [4.69, 9.17) is 5.11 Å². The number of aliphatic hydroxyl groups excluding tert-OH is 1. The van der Waals surface area contributed by atoms with Gasteiger partial charge >= 0.3 is 6.18 Å². The average Bonchev–Trinajstić information content (AvgIpc) is 2.98. The summed E-state index contributed by atoms with van der Waals surface area (Å²) in [7, 11) is 0. The van der Waals surface area contributed by atoms with Gasteiger partial charge in [-0.05, 0) is 44.0 Å². The lowest BCUT2D eigenvalue weighted by molar-refractivity contribution is -0.208. The van der Waals surface area contributed by atoms with E-state index in [0.717, 1.165) is 17.7 Å². The first-order valence-corrected chi connectivity index (χ1v) is 8.22. The van der Waals surface area contributed by atoms with Gasteiger partial charge in [-0.25, -0.2) is 0 Å². The zero-order chi connectivity index (χ0) is 17.3. The summed E-state index contributed by atoms with van der Waals surface area (Å²) in [5, 5.41) is 9.15. The number of likely N-dealkylation sites (tertiary alicyclic amines) is 1. The van der Waals surface area contributed by atoms with Crippen molar-refractivity contribution in [1.82, 2.24) is 4.90 Å². The molecule has 7 heteroatoms. The van der Waals surface area contributed by atoms with E-state index in [1.165, 1.54) is 0 Å². The predicted octanol–water partition coefficient (Wildman–Crippen LogP) is 2.21. The summed E-state index contributed by atoms with van der Waals surface area (Å²) < 4.78 is 37.3. The number of piperidine rings is 1. The quantitative estimate of drug-likeness (QED) is 0.916. The molecular weight excluding hydrogens is 321 g/mol. The third-order valence-corrected chi connectivity index (χ3v) is 4.90. The molecule has 1 N–H and O–H groups in total. The topological polar surface area (TPSA) is 43.8 Å². The number of fused-ring (bicyclic) bond motifs is 1. The van der Waals surface area contributed by atoms with Crippen LogP contribution in [0.4, 0.5) is 18.9 Å². The molecule has 24 heavy (non-hydrogen) atoms. The Morgan fingerprint density at radius 1 is 1.21 bits per heavy atom. The van der Waals surface area contributed by atoms with Crippen molar-refractivity contribution in [2.24, 2.45) is 5.92 Å². The Kier molecular flexibility index (Phi) is 4.83. The van der Waals surface area contributed by atoms with Crippen molar-refractivity contribution in [3.8, 4) is 0 Å². The summed E-state index contributed by atoms with van der Waals surface area (Å²) in [4.78, 5) is 16.1. The first-order valence-electron chi connectivity index (χ1n) is 8.22. The number of aliphatic hydroxyl groups is 1. The first-order chi connectivity index (χ1) is 11.4. The second kappa shape index (κ2) is 6.72. The zero-order valence-electron chi connectivity index (χ0n) is 13.3. The van der Waals surface area contributed by atoms with Crippen molar-refractivity contribution < 1.29 is 23.1 Å². The Labute approximate surface area is 138 Å². The van der Waals surface area contributed by atoms with E-state index >= 15 is 0 Å². The van der Waals surface area contributed by atoms with Gasteiger partial charge in [0.1, 0.15) is 0 Å². The Hall–Kier alpha value is -1.60. The second-order valence-electron chi connectivity index (χ2n) is 6.50. The monoisotopic (exact) mass is 342 g/mol. The molecular formula is C17H21F3N2O2. The number of alkyl halides is 3. The van der Waals surface area contributed by atoms with Gasteiger partial charge in [-0.15, -0.1) is 0 Å². The first kappa shape index (κ1) is 17.2. The normalized spacial score (nSPS) is 20.9. The summed E-state index contributed by atoms with van der Waals surface area (Å²) >= 11 is 0. The van der Waals surface area contributed by atoms with Crippen molar-refractivity contribution in [2.45, 2.75) is 31.5 Å². The largest absolute Gasteiger partial charge is 0.415 e. The highest BCUT2D eigenvalue weighted by Gasteiger charge is 2.40. The molecule has 1 fully saturated rings. The van der Waals surface area contributed by atoms with Crippen LogP contribution in [0, 0.1) is 5.92 Å². The Balaban J connectivity index is 1.55. The summed E-state index contributed by atoms with van der Waals surface area (Å²) in [6, 6.07) is 7.82. The van der Waals surface area contributed by atoms with Crippen LogP contribution in [0.1, 0.15) is 18.4 Å². The molecule has 1 aromatic rings. The van der Waals surface area contributed by atoms with Crippen LogP contribution in [0.3, 0.4) is 0 Å². The fraction of sp³-hybridized carbons (Fsp3) is 0.588. The minimum Gasteiger partial charge on any atom is -0.382 e. The average molecular weight is 342 g/mol. The molecule has 3 rings (SSSR count). The summed E-state index contributed by atoms with van der Waals surface area (Å²) in [5.74, 6) is -0.0913. The number of nitrogens with zero attached hydrogens (tertiary/aromatic N) is 2. The van der Waals surface area contributed by atoms with Gasteiger partial charge in [0.05, 0.1) is 0 Å². The van der Waals surface area contributed by atoms with E-state index in [0.29, 0.717) is 32.5 Å². The molecule has 1 atom stereocenters. The zero-order valence-corrected chi connectivity index (χ0v) is 13.3. The molecule has 4 nitrogen and oxygen atoms in total. The van der Waals surface area contributed by atoms with E-state index < -0.39 is 18.8 Å². The second-order valence-corrected chi connectivity index (χ2v) is 6.50. The third kappa shape index (κ3) is 3.57. The minimum absolute atomic E-state index is 0.0657. The van der Waals surface area contributed by atoms with Gasteiger partial charge in [0.25, 0.3) is 0 Å². The van der Waals surface area contributed by atoms with Crippen molar-refractivity contribution in [3.63, 3.8) is 0 Å². The number of anilines is 1. The number of amides is 1. The lowest BCUT2D eigenvalue weighted by Gasteiger charge is -2.34. The maximum Gasteiger partial charge on any atom is 0.415 e. The number of hydrogen-bond donors (Lipinski definition) is 1. The Morgan fingerprint density at radius 2 is 1.88 bits per heavy atom. The van der Waals surface area contributed by atoms with Crippen LogP contribution in [0.5, 0.6) is 0 Å². The van der Waals surface area contributed by atoms with Gasteiger partial charge in [-0.3, -0.25) is 4.79 Å². The number of hydrogen-bond acceptors (Lipinski definition) is 3. The molecule has 1 amide bonds. The number of halogens is 3. The van der Waals surface area contributed by atoms with Gasteiger partial charge < -0.3 is 14.9 Å². The maximum absolute atomic E-state index is 12.7. The molecule has 0 spiro atoms. The van der Waals surface area contributed by atoms with Gasteiger partial charge in [0, 0.05) is 24.7 Å². The lowest BCUT2D eigenvalue weighted by Crippen LogP contribution is -2.46. The van der Waals surface area contributed by atoms with Gasteiger partial charge in [-0.1, -0.05) is 18.2 Å². The highest BCUT2D eigenvalue weighted by atomic mass is 19.4.